The Morgan fingerprint density at radius 3 is 1.56 bits per heavy atom. The Morgan fingerprint density at radius 1 is 0.741 bits per heavy atom. The fraction of sp³-hybridized carbons (Fsp3) is 0.917. The van der Waals surface area contributed by atoms with Gasteiger partial charge in [0.25, 0.3) is 0 Å². The van der Waals surface area contributed by atoms with E-state index >= 15 is 0 Å². The summed E-state index contributed by atoms with van der Waals surface area (Å²) < 4.78 is 0. The quantitative estimate of drug-likeness (QED) is 0.139. The molecular weight excluding hydrogens is 332 g/mol. The first kappa shape index (κ1) is 26.1. The third kappa shape index (κ3) is 21.3. The van der Waals surface area contributed by atoms with Gasteiger partial charge in [-0.25, -0.2) is 5.43 Å². The van der Waals surface area contributed by atoms with Gasteiger partial charge in [-0.2, -0.15) is 5.10 Å². The lowest BCUT2D eigenvalue weighted by atomic mass is 10.0. The molecule has 0 spiro atoms. The minimum atomic E-state index is 0.0628. The predicted octanol–water partition coefficient (Wildman–Crippen LogP) is 7.79. The molecule has 0 heterocycles. The van der Waals surface area contributed by atoms with Crippen molar-refractivity contribution in [3.05, 3.63) is 0 Å². The molecule has 27 heavy (non-hydrogen) atoms. The molecule has 160 valence electrons. The number of rotatable bonds is 19. The van der Waals surface area contributed by atoms with E-state index in [1.807, 2.05) is 6.92 Å². The van der Waals surface area contributed by atoms with E-state index in [9.17, 15) is 4.79 Å². The average Bonchev–Trinajstić information content (AvgIpc) is 2.62. The summed E-state index contributed by atoms with van der Waals surface area (Å²) in [6.07, 6.45) is 21.8. The molecule has 0 fully saturated rings. The van der Waals surface area contributed by atoms with Crippen LogP contribution in [0.1, 0.15) is 137 Å². The van der Waals surface area contributed by atoms with Crippen molar-refractivity contribution in [1.29, 1.82) is 0 Å². The summed E-state index contributed by atoms with van der Waals surface area (Å²) in [5.74, 6) is 0.647. The molecule has 0 aromatic carbocycles. The van der Waals surface area contributed by atoms with Crippen molar-refractivity contribution in [2.24, 2.45) is 11.0 Å². The maximum atomic E-state index is 11.7. The summed E-state index contributed by atoms with van der Waals surface area (Å²) in [7, 11) is 0. The summed E-state index contributed by atoms with van der Waals surface area (Å²) in [6, 6.07) is 0. The predicted molar refractivity (Wildman–Crippen MR) is 120 cm³/mol. The minimum Gasteiger partial charge on any atom is -0.273 e. The van der Waals surface area contributed by atoms with Crippen LogP contribution in [0.4, 0.5) is 0 Å². The molecule has 0 aliphatic heterocycles. The number of hydrogen-bond acceptors (Lipinski definition) is 2. The second-order valence-electron chi connectivity index (χ2n) is 8.68. The molecule has 0 aromatic rings. The molecule has 1 amide bonds. The van der Waals surface area contributed by atoms with E-state index in [1.54, 1.807) is 0 Å². The third-order valence-electron chi connectivity index (χ3n) is 5.08. The molecule has 0 rings (SSSR count). The van der Waals surface area contributed by atoms with Crippen LogP contribution in [0.2, 0.25) is 0 Å². The molecule has 0 aliphatic rings. The van der Waals surface area contributed by atoms with Crippen LogP contribution >= 0.6 is 0 Å². The van der Waals surface area contributed by atoms with Crippen molar-refractivity contribution < 1.29 is 4.79 Å². The first-order valence-electron chi connectivity index (χ1n) is 11.9. The van der Waals surface area contributed by atoms with E-state index < -0.39 is 0 Å². The monoisotopic (exact) mass is 380 g/mol. The molecule has 0 saturated heterocycles. The second kappa shape index (κ2) is 19.9. The largest absolute Gasteiger partial charge is 0.273 e. The van der Waals surface area contributed by atoms with E-state index in [0.717, 1.165) is 18.6 Å². The summed E-state index contributed by atoms with van der Waals surface area (Å²) in [5, 5.41) is 4.17. The van der Waals surface area contributed by atoms with Gasteiger partial charge in [0.05, 0.1) is 0 Å². The number of unbranched alkanes of at least 4 members (excludes halogenated alkanes) is 14. The van der Waals surface area contributed by atoms with Gasteiger partial charge in [0.2, 0.25) is 5.91 Å². The van der Waals surface area contributed by atoms with Crippen molar-refractivity contribution in [3.63, 3.8) is 0 Å². The van der Waals surface area contributed by atoms with Gasteiger partial charge < -0.3 is 0 Å². The lowest BCUT2D eigenvalue weighted by Gasteiger charge is -2.05. The topological polar surface area (TPSA) is 41.5 Å². The third-order valence-corrected chi connectivity index (χ3v) is 5.08. The van der Waals surface area contributed by atoms with Crippen molar-refractivity contribution in [2.45, 2.75) is 137 Å². The number of carbonyl (C=O) groups is 1. The standard InChI is InChI=1S/C24H48N2O/c1-5-6-7-8-9-10-11-12-13-14-15-16-17-18-19-20-24(27)26-25-23(4)21-22(2)3/h22H,5-21H2,1-4H3,(H,26,27)/b25-23+. The number of nitrogens with one attached hydrogen (secondary N) is 1. The summed E-state index contributed by atoms with van der Waals surface area (Å²) >= 11 is 0. The Morgan fingerprint density at radius 2 is 1.15 bits per heavy atom. The van der Waals surface area contributed by atoms with Crippen LogP contribution < -0.4 is 5.43 Å². The maximum absolute atomic E-state index is 11.7. The zero-order valence-corrected chi connectivity index (χ0v) is 19.0. The van der Waals surface area contributed by atoms with Crippen LogP contribution in [-0.4, -0.2) is 11.6 Å². The molecule has 3 heteroatoms. The zero-order chi connectivity index (χ0) is 20.2. The minimum absolute atomic E-state index is 0.0628. The lowest BCUT2D eigenvalue weighted by Crippen LogP contribution is -2.18. The number of hydrazone groups is 1. The van der Waals surface area contributed by atoms with Gasteiger partial charge in [-0.3, -0.25) is 4.79 Å². The van der Waals surface area contributed by atoms with Crippen molar-refractivity contribution in [3.8, 4) is 0 Å². The zero-order valence-electron chi connectivity index (χ0n) is 19.0. The van der Waals surface area contributed by atoms with Gasteiger partial charge in [-0.15, -0.1) is 0 Å². The Hall–Kier alpha value is -0.860. The van der Waals surface area contributed by atoms with Gasteiger partial charge >= 0.3 is 0 Å². The molecule has 0 unspecified atom stereocenters. The van der Waals surface area contributed by atoms with E-state index in [2.05, 4.69) is 31.3 Å². The highest BCUT2D eigenvalue weighted by Gasteiger charge is 2.01. The first-order chi connectivity index (χ1) is 13.1. The van der Waals surface area contributed by atoms with Crippen molar-refractivity contribution in [2.75, 3.05) is 0 Å². The van der Waals surface area contributed by atoms with Crippen LogP contribution in [0.5, 0.6) is 0 Å². The fourth-order valence-electron chi connectivity index (χ4n) is 3.51. The lowest BCUT2D eigenvalue weighted by molar-refractivity contribution is -0.121. The maximum Gasteiger partial charge on any atom is 0.240 e. The number of carbonyl (C=O) groups excluding carboxylic acids is 1. The Labute approximate surface area is 170 Å². The number of hydrogen-bond donors (Lipinski definition) is 1. The van der Waals surface area contributed by atoms with Crippen LogP contribution in [0, 0.1) is 5.92 Å². The fourth-order valence-corrected chi connectivity index (χ4v) is 3.51. The van der Waals surface area contributed by atoms with Crippen molar-refractivity contribution >= 4 is 11.6 Å². The number of amides is 1. The second-order valence-corrected chi connectivity index (χ2v) is 8.68. The molecule has 0 aliphatic carbocycles. The van der Waals surface area contributed by atoms with E-state index in [1.165, 1.54) is 89.9 Å². The Balaban J connectivity index is 3.27. The highest BCUT2D eigenvalue weighted by atomic mass is 16.2. The molecule has 0 saturated carbocycles. The van der Waals surface area contributed by atoms with Crippen molar-refractivity contribution in [1.82, 2.24) is 5.43 Å². The highest BCUT2D eigenvalue weighted by Crippen LogP contribution is 2.13. The smallest absolute Gasteiger partial charge is 0.240 e. The van der Waals surface area contributed by atoms with Crippen LogP contribution in [0.15, 0.2) is 5.10 Å². The van der Waals surface area contributed by atoms with Gasteiger partial charge in [-0.1, -0.05) is 111 Å². The summed E-state index contributed by atoms with van der Waals surface area (Å²) in [6.45, 7) is 8.59. The average molecular weight is 381 g/mol. The number of nitrogens with zero attached hydrogens (tertiary/aromatic N) is 1. The molecule has 3 nitrogen and oxygen atoms in total. The van der Waals surface area contributed by atoms with Gasteiger partial charge in [0, 0.05) is 12.1 Å². The van der Waals surface area contributed by atoms with E-state index in [4.69, 9.17) is 0 Å². The summed E-state index contributed by atoms with van der Waals surface area (Å²) in [4.78, 5) is 11.7. The molecule has 0 atom stereocenters. The van der Waals surface area contributed by atoms with E-state index in [0.29, 0.717) is 12.3 Å². The SMILES string of the molecule is CCCCCCCCCCCCCCCCCC(=O)N/N=C(\C)CC(C)C. The normalized spacial score (nSPS) is 12.0. The van der Waals surface area contributed by atoms with Gasteiger partial charge in [-0.05, 0) is 25.7 Å². The van der Waals surface area contributed by atoms with Crippen LogP contribution in [0.25, 0.3) is 0 Å². The Kier molecular flexibility index (Phi) is 19.3. The first-order valence-corrected chi connectivity index (χ1v) is 11.9. The molecule has 0 radical (unpaired) electrons. The van der Waals surface area contributed by atoms with Crippen LogP contribution in [0.3, 0.4) is 0 Å². The molecular formula is C24H48N2O. The summed E-state index contributed by atoms with van der Waals surface area (Å²) in [5.41, 5.74) is 3.70. The molecule has 1 N–H and O–H groups in total. The Bertz CT molecular complexity index is 363. The van der Waals surface area contributed by atoms with Crippen LogP contribution in [-0.2, 0) is 4.79 Å². The van der Waals surface area contributed by atoms with Gasteiger partial charge in [0.1, 0.15) is 0 Å². The highest BCUT2D eigenvalue weighted by molar-refractivity contribution is 5.84. The molecule has 0 aromatic heterocycles. The van der Waals surface area contributed by atoms with Gasteiger partial charge in [0.15, 0.2) is 0 Å². The molecule has 0 bridgehead atoms. The van der Waals surface area contributed by atoms with E-state index in [-0.39, 0.29) is 5.91 Å².